The molecule has 1 aliphatic heterocycles. The number of carboxylic acid groups (broad SMARTS) is 2. The molecule has 2 rings (SSSR count). The quantitative estimate of drug-likeness (QED) is 0.668. The number of hydrogen-bond acceptors (Lipinski definition) is 6. The molecule has 108 valence electrons. The van der Waals surface area contributed by atoms with Crippen LogP contribution in [0.25, 0.3) is 0 Å². The molecule has 0 radical (unpaired) electrons. The van der Waals surface area contributed by atoms with Crippen LogP contribution in [0.1, 0.15) is 6.42 Å². The molecule has 0 saturated heterocycles. The van der Waals surface area contributed by atoms with Crippen LogP contribution in [-0.2, 0) is 9.59 Å². The highest BCUT2D eigenvalue weighted by molar-refractivity contribution is 5.77. The number of carbonyl (C=O) groups is 2. The van der Waals surface area contributed by atoms with Crippen LogP contribution in [0.5, 0.6) is 17.2 Å². The van der Waals surface area contributed by atoms with E-state index in [1.165, 1.54) is 12.1 Å². The maximum absolute atomic E-state index is 11.1. The van der Waals surface area contributed by atoms with Crippen molar-refractivity contribution in [2.75, 3.05) is 6.79 Å². The van der Waals surface area contributed by atoms with Gasteiger partial charge in [0.05, 0.1) is 0 Å². The lowest BCUT2D eigenvalue weighted by molar-refractivity contribution is -0.146. The summed E-state index contributed by atoms with van der Waals surface area (Å²) in [5.74, 6) is -1.37. The zero-order valence-corrected chi connectivity index (χ0v) is 10.3. The summed E-state index contributed by atoms with van der Waals surface area (Å²) in [5, 5.41) is 17.7. The zero-order chi connectivity index (χ0) is 14.7. The van der Waals surface area contributed by atoms with Crippen molar-refractivity contribution in [3.63, 3.8) is 0 Å². The highest BCUT2D eigenvalue weighted by Gasteiger charge is 2.26. The van der Waals surface area contributed by atoms with Crippen molar-refractivity contribution in [2.45, 2.75) is 18.6 Å². The van der Waals surface area contributed by atoms with Gasteiger partial charge < -0.3 is 30.2 Å². The molecule has 2 unspecified atom stereocenters. The van der Waals surface area contributed by atoms with Crippen LogP contribution in [0.2, 0.25) is 0 Å². The van der Waals surface area contributed by atoms with Gasteiger partial charge in [-0.25, -0.2) is 4.79 Å². The van der Waals surface area contributed by atoms with E-state index in [0.29, 0.717) is 11.5 Å². The van der Waals surface area contributed by atoms with Gasteiger partial charge in [-0.2, -0.15) is 0 Å². The average molecular weight is 283 g/mol. The lowest BCUT2D eigenvalue weighted by atomic mass is 10.1. The van der Waals surface area contributed by atoms with E-state index in [1.807, 2.05) is 0 Å². The number of carboxylic acids is 2. The van der Waals surface area contributed by atoms with Crippen molar-refractivity contribution in [1.29, 1.82) is 0 Å². The summed E-state index contributed by atoms with van der Waals surface area (Å²) in [6.07, 6.45) is -1.71. The minimum absolute atomic E-state index is 0.0883. The van der Waals surface area contributed by atoms with E-state index in [9.17, 15) is 9.59 Å². The first-order valence-corrected chi connectivity index (χ1v) is 5.75. The molecule has 0 fully saturated rings. The molecule has 0 bridgehead atoms. The lowest BCUT2D eigenvalue weighted by Gasteiger charge is -2.17. The van der Waals surface area contributed by atoms with E-state index in [2.05, 4.69) is 0 Å². The molecule has 1 aromatic carbocycles. The van der Waals surface area contributed by atoms with E-state index in [-0.39, 0.29) is 19.0 Å². The van der Waals surface area contributed by atoms with Crippen molar-refractivity contribution < 1.29 is 34.0 Å². The number of hydrogen-bond donors (Lipinski definition) is 3. The highest BCUT2D eigenvalue weighted by Crippen LogP contribution is 2.35. The summed E-state index contributed by atoms with van der Waals surface area (Å²) in [5.41, 5.74) is 5.31. The molecule has 8 heteroatoms. The van der Waals surface area contributed by atoms with Gasteiger partial charge in [0.2, 0.25) is 6.79 Å². The largest absolute Gasteiger partial charge is 0.480 e. The van der Waals surface area contributed by atoms with Crippen molar-refractivity contribution in [3.8, 4) is 17.2 Å². The van der Waals surface area contributed by atoms with Crippen LogP contribution in [-0.4, -0.2) is 41.1 Å². The third-order valence-corrected chi connectivity index (χ3v) is 2.68. The van der Waals surface area contributed by atoms with E-state index >= 15 is 0 Å². The Balaban J connectivity index is 2.08. The van der Waals surface area contributed by atoms with Crippen LogP contribution in [0.15, 0.2) is 18.2 Å². The van der Waals surface area contributed by atoms with Gasteiger partial charge in [0, 0.05) is 12.5 Å². The van der Waals surface area contributed by atoms with Gasteiger partial charge in [-0.3, -0.25) is 4.79 Å². The molecule has 0 amide bonds. The third kappa shape index (κ3) is 3.09. The summed E-state index contributed by atoms with van der Waals surface area (Å²) in [6, 6.07) is 3.25. The first kappa shape index (κ1) is 13.9. The Morgan fingerprint density at radius 2 is 1.95 bits per heavy atom. The number of nitrogens with two attached hydrogens (primary N) is 1. The predicted octanol–water partition coefficient (Wildman–Crippen LogP) is 0.0493. The molecule has 0 aromatic heterocycles. The Morgan fingerprint density at radius 3 is 2.60 bits per heavy atom. The average Bonchev–Trinajstić information content (AvgIpc) is 2.84. The minimum atomic E-state index is -1.36. The fourth-order valence-electron chi connectivity index (χ4n) is 1.65. The maximum atomic E-state index is 11.1. The standard InChI is InChI=1S/C12H13NO7/c13-7(11(14)15)4-10(12(16)17)20-6-1-2-8-9(3-6)19-5-18-8/h1-3,7,10H,4-5,13H2,(H,14,15)(H,16,17). The van der Waals surface area contributed by atoms with Crippen LogP contribution in [0.4, 0.5) is 0 Å². The Hall–Kier alpha value is -2.48. The van der Waals surface area contributed by atoms with Gasteiger partial charge in [-0.15, -0.1) is 0 Å². The summed E-state index contributed by atoms with van der Waals surface area (Å²) >= 11 is 0. The van der Waals surface area contributed by atoms with Crippen molar-refractivity contribution in [3.05, 3.63) is 18.2 Å². The van der Waals surface area contributed by atoms with E-state index in [1.54, 1.807) is 6.07 Å². The Labute approximate surface area is 113 Å². The molecule has 1 heterocycles. The number of rotatable bonds is 6. The Bertz CT molecular complexity index is 531. The Morgan fingerprint density at radius 1 is 1.25 bits per heavy atom. The molecule has 20 heavy (non-hydrogen) atoms. The van der Waals surface area contributed by atoms with Gasteiger partial charge in [-0.1, -0.05) is 0 Å². The number of aliphatic carboxylic acids is 2. The fraction of sp³-hybridized carbons (Fsp3) is 0.333. The summed E-state index contributed by atoms with van der Waals surface area (Å²) in [4.78, 5) is 21.7. The molecule has 1 aliphatic rings. The van der Waals surface area contributed by atoms with Gasteiger partial charge in [0.25, 0.3) is 0 Å². The molecule has 0 spiro atoms. The summed E-state index contributed by atoms with van der Waals surface area (Å²) < 4.78 is 15.5. The number of ether oxygens (including phenoxy) is 3. The van der Waals surface area contributed by atoms with E-state index in [0.717, 1.165) is 0 Å². The van der Waals surface area contributed by atoms with Crippen LogP contribution in [0, 0.1) is 0 Å². The first-order chi connectivity index (χ1) is 9.47. The zero-order valence-electron chi connectivity index (χ0n) is 10.3. The topological polar surface area (TPSA) is 128 Å². The van der Waals surface area contributed by atoms with Crippen LogP contribution in [0.3, 0.4) is 0 Å². The fourth-order valence-corrected chi connectivity index (χ4v) is 1.65. The highest BCUT2D eigenvalue weighted by atomic mass is 16.7. The van der Waals surface area contributed by atoms with Crippen molar-refractivity contribution in [1.82, 2.24) is 0 Å². The molecule has 0 aliphatic carbocycles. The Kier molecular flexibility index (Phi) is 3.94. The molecular weight excluding hydrogens is 270 g/mol. The van der Waals surface area contributed by atoms with Gasteiger partial charge >= 0.3 is 11.9 Å². The lowest BCUT2D eigenvalue weighted by Crippen LogP contribution is -2.39. The van der Waals surface area contributed by atoms with Crippen LogP contribution >= 0.6 is 0 Å². The molecular formula is C12H13NO7. The predicted molar refractivity (Wildman–Crippen MR) is 64.8 cm³/mol. The SMILES string of the molecule is NC(CC(Oc1ccc2c(c1)OCO2)C(=O)O)C(=O)O. The molecule has 0 saturated carbocycles. The van der Waals surface area contributed by atoms with Crippen LogP contribution < -0.4 is 19.9 Å². The third-order valence-electron chi connectivity index (χ3n) is 2.68. The molecule has 8 nitrogen and oxygen atoms in total. The van der Waals surface area contributed by atoms with Crippen molar-refractivity contribution >= 4 is 11.9 Å². The smallest absolute Gasteiger partial charge is 0.344 e. The molecule has 2 atom stereocenters. The minimum Gasteiger partial charge on any atom is -0.480 e. The number of fused-ring (bicyclic) bond motifs is 1. The van der Waals surface area contributed by atoms with E-state index in [4.69, 9.17) is 30.2 Å². The van der Waals surface area contributed by atoms with E-state index < -0.39 is 24.1 Å². The second kappa shape index (κ2) is 5.66. The normalized spacial score (nSPS) is 15.4. The maximum Gasteiger partial charge on any atom is 0.344 e. The second-order valence-corrected chi connectivity index (χ2v) is 4.14. The van der Waals surface area contributed by atoms with Gasteiger partial charge in [-0.05, 0) is 12.1 Å². The monoisotopic (exact) mass is 283 g/mol. The first-order valence-electron chi connectivity index (χ1n) is 5.75. The van der Waals surface area contributed by atoms with Gasteiger partial charge in [0.15, 0.2) is 17.6 Å². The molecule has 4 N–H and O–H groups in total. The number of benzene rings is 1. The second-order valence-electron chi connectivity index (χ2n) is 4.14. The van der Waals surface area contributed by atoms with Gasteiger partial charge in [0.1, 0.15) is 11.8 Å². The summed E-state index contributed by atoms with van der Waals surface area (Å²) in [6.45, 7) is 0.0883. The van der Waals surface area contributed by atoms with Crippen molar-refractivity contribution in [2.24, 2.45) is 5.73 Å². The summed E-state index contributed by atoms with van der Waals surface area (Å²) in [7, 11) is 0. The molecule has 1 aromatic rings.